The van der Waals surface area contributed by atoms with E-state index in [9.17, 15) is 13.2 Å². The fourth-order valence-electron chi connectivity index (χ4n) is 3.66. The molecule has 1 N–H and O–H groups in total. The number of amides is 1. The van der Waals surface area contributed by atoms with Crippen molar-refractivity contribution in [2.24, 2.45) is 0 Å². The standard InChI is InChI=1S/C23H24N2O4S/c1-2-29-22-16-18-8-4-3-7-17(18)15-21(22)23(26)24-19-9-11-20(12-10-19)30(27,28)25-13-5-6-14-25/h3-4,7-12,15-16H,2,5-6,13-14H2,1H3,(H,24,26). The molecule has 3 aromatic carbocycles. The van der Waals surface area contributed by atoms with Crippen LogP contribution in [0.3, 0.4) is 0 Å². The van der Waals surface area contributed by atoms with Crippen LogP contribution in [0.5, 0.6) is 5.75 Å². The van der Waals surface area contributed by atoms with E-state index in [4.69, 9.17) is 4.74 Å². The maximum atomic E-state index is 12.9. The molecule has 156 valence electrons. The molecular formula is C23H24N2O4S. The van der Waals surface area contributed by atoms with Gasteiger partial charge in [0.1, 0.15) is 5.75 Å². The third-order valence-corrected chi connectivity index (χ3v) is 7.12. The van der Waals surface area contributed by atoms with Crippen molar-refractivity contribution in [1.82, 2.24) is 4.31 Å². The Hall–Kier alpha value is -2.90. The first-order chi connectivity index (χ1) is 14.5. The third-order valence-electron chi connectivity index (χ3n) is 5.21. The van der Waals surface area contributed by atoms with Gasteiger partial charge in [0.15, 0.2) is 0 Å². The Labute approximate surface area is 176 Å². The quantitative estimate of drug-likeness (QED) is 0.641. The number of sulfonamides is 1. The van der Waals surface area contributed by atoms with Gasteiger partial charge in [-0.05, 0) is 66.9 Å². The predicted molar refractivity (Wildman–Crippen MR) is 118 cm³/mol. The summed E-state index contributed by atoms with van der Waals surface area (Å²) in [4.78, 5) is 13.2. The minimum Gasteiger partial charge on any atom is -0.493 e. The first-order valence-corrected chi connectivity index (χ1v) is 11.5. The first-order valence-electron chi connectivity index (χ1n) is 10.1. The molecule has 7 heteroatoms. The highest BCUT2D eigenvalue weighted by molar-refractivity contribution is 7.89. The van der Waals surface area contributed by atoms with Crippen LogP contribution < -0.4 is 10.1 Å². The number of ether oxygens (including phenoxy) is 1. The molecule has 0 aromatic heterocycles. The monoisotopic (exact) mass is 424 g/mol. The molecule has 0 bridgehead atoms. The molecule has 4 rings (SSSR count). The Bertz CT molecular complexity index is 1170. The van der Waals surface area contributed by atoms with Gasteiger partial charge >= 0.3 is 0 Å². The molecule has 6 nitrogen and oxygen atoms in total. The molecule has 1 fully saturated rings. The highest BCUT2D eigenvalue weighted by atomic mass is 32.2. The van der Waals surface area contributed by atoms with Crippen molar-refractivity contribution < 1.29 is 17.9 Å². The first kappa shape index (κ1) is 20.4. The SMILES string of the molecule is CCOc1cc2ccccc2cc1C(=O)Nc1ccc(S(=O)(=O)N2CCCC2)cc1. The lowest BCUT2D eigenvalue weighted by Gasteiger charge is -2.16. The lowest BCUT2D eigenvalue weighted by molar-refractivity contribution is 0.102. The number of hydrogen-bond acceptors (Lipinski definition) is 4. The largest absolute Gasteiger partial charge is 0.493 e. The fourth-order valence-corrected chi connectivity index (χ4v) is 5.18. The molecule has 0 saturated carbocycles. The number of nitrogens with zero attached hydrogens (tertiary/aromatic N) is 1. The number of carbonyl (C=O) groups is 1. The topological polar surface area (TPSA) is 75.7 Å². The van der Waals surface area contributed by atoms with E-state index in [1.165, 1.54) is 16.4 Å². The average Bonchev–Trinajstić information content (AvgIpc) is 3.30. The van der Waals surface area contributed by atoms with Crippen molar-refractivity contribution >= 4 is 32.4 Å². The Morgan fingerprint density at radius 3 is 2.27 bits per heavy atom. The smallest absolute Gasteiger partial charge is 0.259 e. The van der Waals surface area contributed by atoms with Gasteiger partial charge in [0.2, 0.25) is 10.0 Å². The van der Waals surface area contributed by atoms with Crippen LogP contribution in [0, 0.1) is 0 Å². The minimum atomic E-state index is -3.47. The van der Waals surface area contributed by atoms with E-state index in [1.807, 2.05) is 43.3 Å². The van der Waals surface area contributed by atoms with Gasteiger partial charge in [-0.3, -0.25) is 4.79 Å². The summed E-state index contributed by atoms with van der Waals surface area (Å²) < 4.78 is 32.5. The second-order valence-corrected chi connectivity index (χ2v) is 9.16. The van der Waals surface area contributed by atoms with E-state index >= 15 is 0 Å². The van der Waals surface area contributed by atoms with Crippen molar-refractivity contribution in [2.75, 3.05) is 25.0 Å². The van der Waals surface area contributed by atoms with Gasteiger partial charge in [-0.25, -0.2) is 8.42 Å². The van der Waals surface area contributed by atoms with Crippen LogP contribution >= 0.6 is 0 Å². The van der Waals surface area contributed by atoms with Gasteiger partial charge in [0.25, 0.3) is 5.91 Å². The van der Waals surface area contributed by atoms with Gasteiger partial charge in [0.05, 0.1) is 17.1 Å². The average molecular weight is 425 g/mol. The number of carbonyl (C=O) groups excluding carboxylic acids is 1. The van der Waals surface area contributed by atoms with E-state index in [0.29, 0.717) is 36.7 Å². The lowest BCUT2D eigenvalue weighted by Crippen LogP contribution is -2.27. The lowest BCUT2D eigenvalue weighted by atomic mass is 10.1. The number of anilines is 1. The number of benzene rings is 3. The third kappa shape index (κ3) is 4.04. The molecule has 0 unspecified atom stereocenters. The summed E-state index contributed by atoms with van der Waals surface area (Å²) in [6, 6.07) is 17.7. The van der Waals surface area contributed by atoms with Crippen LogP contribution in [0.1, 0.15) is 30.1 Å². The maximum Gasteiger partial charge on any atom is 0.259 e. The molecule has 1 aliphatic heterocycles. The van der Waals surface area contributed by atoms with E-state index in [2.05, 4.69) is 5.32 Å². The number of nitrogens with one attached hydrogen (secondary N) is 1. The van der Waals surface area contributed by atoms with Crippen molar-refractivity contribution in [3.8, 4) is 5.75 Å². The van der Waals surface area contributed by atoms with E-state index in [-0.39, 0.29) is 10.8 Å². The molecule has 1 saturated heterocycles. The summed E-state index contributed by atoms with van der Waals surface area (Å²) in [5, 5.41) is 4.78. The van der Waals surface area contributed by atoms with E-state index in [0.717, 1.165) is 23.6 Å². The second-order valence-electron chi connectivity index (χ2n) is 7.22. The van der Waals surface area contributed by atoms with Crippen LogP contribution in [0.25, 0.3) is 10.8 Å². The van der Waals surface area contributed by atoms with Gasteiger partial charge in [-0.15, -0.1) is 0 Å². The zero-order valence-corrected chi connectivity index (χ0v) is 17.6. The summed E-state index contributed by atoms with van der Waals surface area (Å²) >= 11 is 0. The molecule has 0 radical (unpaired) electrons. The van der Waals surface area contributed by atoms with Gasteiger partial charge in [0, 0.05) is 18.8 Å². The van der Waals surface area contributed by atoms with Crippen molar-refractivity contribution in [2.45, 2.75) is 24.7 Å². The second kappa shape index (κ2) is 8.45. The van der Waals surface area contributed by atoms with Gasteiger partial charge < -0.3 is 10.1 Å². The Morgan fingerprint density at radius 1 is 1.00 bits per heavy atom. The molecular weight excluding hydrogens is 400 g/mol. The Kier molecular flexibility index (Phi) is 5.74. The number of fused-ring (bicyclic) bond motifs is 1. The van der Waals surface area contributed by atoms with Crippen molar-refractivity contribution in [1.29, 1.82) is 0 Å². The summed E-state index contributed by atoms with van der Waals surface area (Å²) in [6.07, 6.45) is 1.78. The number of rotatable bonds is 6. The zero-order chi connectivity index (χ0) is 21.1. The van der Waals surface area contributed by atoms with Crippen molar-refractivity contribution in [3.63, 3.8) is 0 Å². The van der Waals surface area contributed by atoms with Crippen LogP contribution in [0.15, 0.2) is 65.6 Å². The zero-order valence-electron chi connectivity index (χ0n) is 16.8. The van der Waals surface area contributed by atoms with E-state index in [1.54, 1.807) is 12.1 Å². The normalized spacial score (nSPS) is 14.7. The molecule has 1 heterocycles. The summed E-state index contributed by atoms with van der Waals surface area (Å²) in [7, 11) is -3.47. The fraction of sp³-hybridized carbons (Fsp3) is 0.261. The summed E-state index contributed by atoms with van der Waals surface area (Å²) in [5.41, 5.74) is 0.959. The summed E-state index contributed by atoms with van der Waals surface area (Å²) in [5.74, 6) is 0.210. The molecule has 0 atom stereocenters. The summed E-state index contributed by atoms with van der Waals surface area (Å²) in [6.45, 7) is 3.43. The Morgan fingerprint density at radius 2 is 1.63 bits per heavy atom. The highest BCUT2D eigenvalue weighted by Crippen LogP contribution is 2.28. The van der Waals surface area contributed by atoms with Gasteiger partial charge in [-0.2, -0.15) is 4.31 Å². The maximum absolute atomic E-state index is 12.9. The molecule has 0 aliphatic carbocycles. The number of hydrogen-bond donors (Lipinski definition) is 1. The molecule has 3 aromatic rings. The van der Waals surface area contributed by atoms with Crippen molar-refractivity contribution in [3.05, 3.63) is 66.2 Å². The van der Waals surface area contributed by atoms with Crippen LogP contribution in [-0.4, -0.2) is 38.3 Å². The predicted octanol–water partition coefficient (Wildman–Crippen LogP) is 4.28. The van der Waals surface area contributed by atoms with Crippen LogP contribution in [0.2, 0.25) is 0 Å². The van der Waals surface area contributed by atoms with Crippen LogP contribution in [-0.2, 0) is 10.0 Å². The van der Waals surface area contributed by atoms with Crippen LogP contribution in [0.4, 0.5) is 5.69 Å². The molecule has 0 spiro atoms. The molecule has 1 aliphatic rings. The molecule has 30 heavy (non-hydrogen) atoms. The Balaban J connectivity index is 1.57. The van der Waals surface area contributed by atoms with Gasteiger partial charge in [-0.1, -0.05) is 24.3 Å². The highest BCUT2D eigenvalue weighted by Gasteiger charge is 2.27. The van der Waals surface area contributed by atoms with E-state index < -0.39 is 10.0 Å². The minimum absolute atomic E-state index is 0.239. The molecule has 1 amide bonds.